The van der Waals surface area contributed by atoms with E-state index in [-0.39, 0.29) is 5.88 Å². The maximum Gasteiger partial charge on any atom is 0.198 e. The van der Waals surface area contributed by atoms with E-state index in [0.717, 1.165) is 22.3 Å². The molecule has 0 fully saturated rings. The quantitative estimate of drug-likeness (QED) is 0.672. The van der Waals surface area contributed by atoms with Crippen molar-refractivity contribution in [2.24, 2.45) is 4.99 Å². The molecule has 6 nitrogen and oxygen atoms in total. The van der Waals surface area contributed by atoms with Gasteiger partial charge in [-0.2, -0.15) is 5.26 Å². The van der Waals surface area contributed by atoms with Gasteiger partial charge in [0.05, 0.1) is 48.3 Å². The molecule has 0 atom stereocenters. The van der Waals surface area contributed by atoms with E-state index in [4.69, 9.17) is 14.7 Å². The number of nitriles is 1. The number of fused-ring (bicyclic) bond motifs is 1. The third-order valence-electron chi connectivity index (χ3n) is 4.17. The molecule has 1 heterocycles. The third-order valence-corrected chi connectivity index (χ3v) is 4.17. The summed E-state index contributed by atoms with van der Waals surface area (Å²) < 4.78 is 10.7. The van der Waals surface area contributed by atoms with Gasteiger partial charge in [0.15, 0.2) is 17.4 Å². The van der Waals surface area contributed by atoms with E-state index in [1.54, 1.807) is 44.6 Å². The minimum absolute atomic E-state index is 0.0459. The Balaban J connectivity index is 2.16. The van der Waals surface area contributed by atoms with E-state index in [1.807, 2.05) is 13.0 Å². The van der Waals surface area contributed by atoms with Crippen LogP contribution >= 0.6 is 0 Å². The first kappa shape index (κ1) is 17.4. The average molecular weight is 349 g/mol. The molecule has 0 aliphatic heterocycles. The third kappa shape index (κ3) is 3.07. The Kier molecular flexibility index (Phi) is 4.81. The zero-order valence-corrected chi connectivity index (χ0v) is 14.8. The molecule has 0 unspecified atom stereocenters. The number of benzene rings is 2. The summed E-state index contributed by atoms with van der Waals surface area (Å²) in [6.07, 6.45) is 0.620. The lowest BCUT2D eigenvalue weighted by Gasteiger charge is -2.08. The van der Waals surface area contributed by atoms with Gasteiger partial charge in [-0.1, -0.05) is 6.92 Å². The normalized spacial score (nSPS) is 11.4. The standard InChI is InChI=1S/C20H19N3O3/c1-4-15(22-13-7-5-12(11-21)6-8-13)19-14-9-17(25-2)18(26-3)10-16(14)23-20(19)24/h5-10,23-24H,4H2,1-3H3. The fourth-order valence-corrected chi connectivity index (χ4v) is 2.88. The van der Waals surface area contributed by atoms with Crippen LogP contribution in [-0.2, 0) is 0 Å². The molecule has 2 N–H and O–H groups in total. The maximum atomic E-state index is 10.5. The van der Waals surface area contributed by atoms with Crippen molar-refractivity contribution in [2.75, 3.05) is 14.2 Å². The molecule has 0 spiro atoms. The van der Waals surface area contributed by atoms with E-state index in [2.05, 4.69) is 16.0 Å². The van der Waals surface area contributed by atoms with Gasteiger partial charge in [-0.05, 0) is 36.8 Å². The molecule has 132 valence electrons. The molecule has 0 radical (unpaired) electrons. The summed E-state index contributed by atoms with van der Waals surface area (Å²) in [7, 11) is 3.14. The average Bonchev–Trinajstić information content (AvgIpc) is 3.00. The number of hydrogen-bond acceptors (Lipinski definition) is 5. The van der Waals surface area contributed by atoms with Crippen LogP contribution in [0.25, 0.3) is 10.9 Å². The summed E-state index contributed by atoms with van der Waals surface area (Å²) in [5.74, 6) is 1.20. The summed E-state index contributed by atoms with van der Waals surface area (Å²) in [6.45, 7) is 1.97. The van der Waals surface area contributed by atoms with Crippen molar-refractivity contribution in [3.63, 3.8) is 0 Å². The lowest BCUT2D eigenvalue weighted by Crippen LogP contribution is -1.98. The number of nitrogens with one attached hydrogen (secondary N) is 1. The van der Waals surface area contributed by atoms with Crippen LogP contribution in [0.1, 0.15) is 24.5 Å². The highest BCUT2D eigenvalue weighted by Gasteiger charge is 2.18. The van der Waals surface area contributed by atoms with Crippen molar-refractivity contribution in [1.82, 2.24) is 4.98 Å². The van der Waals surface area contributed by atoms with Gasteiger partial charge in [0.2, 0.25) is 0 Å². The minimum Gasteiger partial charge on any atom is -0.494 e. The van der Waals surface area contributed by atoms with Crippen LogP contribution in [0.4, 0.5) is 5.69 Å². The largest absolute Gasteiger partial charge is 0.494 e. The Labute approximate surface area is 151 Å². The Bertz CT molecular complexity index is 1010. The van der Waals surface area contributed by atoms with Gasteiger partial charge in [-0.3, -0.25) is 4.99 Å². The fraction of sp³-hybridized carbons (Fsp3) is 0.200. The summed E-state index contributed by atoms with van der Waals surface area (Å²) in [6, 6.07) is 12.7. The zero-order chi connectivity index (χ0) is 18.7. The Morgan fingerprint density at radius 1 is 1.15 bits per heavy atom. The van der Waals surface area contributed by atoms with Crippen LogP contribution in [0.2, 0.25) is 0 Å². The molecule has 1 aromatic heterocycles. The second-order valence-electron chi connectivity index (χ2n) is 5.67. The Hall–Kier alpha value is -3.46. The van der Waals surface area contributed by atoms with E-state index in [0.29, 0.717) is 29.0 Å². The number of H-pyrrole nitrogens is 1. The SMILES string of the molecule is CCC(=Nc1ccc(C#N)cc1)c1c(O)[nH]c2cc(OC)c(OC)cc12. The van der Waals surface area contributed by atoms with E-state index >= 15 is 0 Å². The highest BCUT2D eigenvalue weighted by atomic mass is 16.5. The number of methoxy groups -OCH3 is 2. The molecule has 26 heavy (non-hydrogen) atoms. The molecule has 0 saturated heterocycles. The molecule has 0 aliphatic carbocycles. The van der Waals surface area contributed by atoms with Crippen molar-refractivity contribution >= 4 is 22.3 Å². The molecule has 0 bridgehead atoms. The van der Waals surface area contributed by atoms with E-state index in [1.165, 1.54) is 0 Å². The smallest absolute Gasteiger partial charge is 0.198 e. The van der Waals surface area contributed by atoms with Crippen molar-refractivity contribution in [3.8, 4) is 23.4 Å². The number of ether oxygens (including phenoxy) is 2. The Morgan fingerprint density at radius 3 is 2.38 bits per heavy atom. The van der Waals surface area contributed by atoms with Crippen LogP contribution in [0.3, 0.4) is 0 Å². The van der Waals surface area contributed by atoms with Gasteiger partial charge in [-0.25, -0.2) is 0 Å². The van der Waals surface area contributed by atoms with Crippen molar-refractivity contribution in [2.45, 2.75) is 13.3 Å². The molecule has 0 saturated carbocycles. The Morgan fingerprint density at radius 2 is 1.81 bits per heavy atom. The van der Waals surface area contributed by atoms with Crippen molar-refractivity contribution in [1.29, 1.82) is 5.26 Å². The molecule has 2 aromatic carbocycles. The number of aromatic nitrogens is 1. The van der Waals surface area contributed by atoms with Crippen LogP contribution in [0, 0.1) is 11.3 Å². The summed E-state index contributed by atoms with van der Waals surface area (Å²) >= 11 is 0. The van der Waals surface area contributed by atoms with E-state index < -0.39 is 0 Å². The number of rotatable bonds is 5. The minimum atomic E-state index is 0.0459. The van der Waals surface area contributed by atoms with Gasteiger partial charge >= 0.3 is 0 Å². The fourth-order valence-electron chi connectivity index (χ4n) is 2.88. The predicted molar refractivity (Wildman–Crippen MR) is 101 cm³/mol. The number of aromatic hydroxyl groups is 1. The highest BCUT2D eigenvalue weighted by molar-refractivity contribution is 6.14. The second kappa shape index (κ2) is 7.19. The number of nitrogens with zero attached hydrogens (tertiary/aromatic N) is 2. The van der Waals surface area contributed by atoms with Crippen LogP contribution in [0.5, 0.6) is 17.4 Å². The van der Waals surface area contributed by atoms with Crippen molar-refractivity contribution in [3.05, 3.63) is 47.5 Å². The van der Waals surface area contributed by atoms with Gasteiger partial charge in [-0.15, -0.1) is 0 Å². The molecule has 0 aliphatic rings. The van der Waals surface area contributed by atoms with Crippen LogP contribution in [-0.4, -0.2) is 30.0 Å². The molecule has 3 rings (SSSR count). The lowest BCUT2D eigenvalue weighted by atomic mass is 10.1. The van der Waals surface area contributed by atoms with Gasteiger partial charge < -0.3 is 19.6 Å². The molecular weight excluding hydrogens is 330 g/mol. The van der Waals surface area contributed by atoms with Gasteiger partial charge in [0.25, 0.3) is 0 Å². The van der Waals surface area contributed by atoms with Crippen LogP contribution in [0.15, 0.2) is 41.4 Å². The van der Waals surface area contributed by atoms with E-state index in [9.17, 15) is 5.11 Å². The second-order valence-corrected chi connectivity index (χ2v) is 5.67. The summed E-state index contributed by atoms with van der Waals surface area (Å²) in [4.78, 5) is 7.63. The zero-order valence-electron chi connectivity index (χ0n) is 14.8. The molecule has 6 heteroatoms. The number of aliphatic imine (C=N–C) groups is 1. The number of hydrogen-bond donors (Lipinski definition) is 2. The predicted octanol–water partition coefficient (Wildman–Crippen LogP) is 4.29. The van der Waals surface area contributed by atoms with Gasteiger partial charge in [0, 0.05) is 11.5 Å². The molecule has 0 amide bonds. The highest BCUT2D eigenvalue weighted by Crippen LogP contribution is 2.37. The lowest BCUT2D eigenvalue weighted by molar-refractivity contribution is 0.356. The monoisotopic (exact) mass is 349 g/mol. The number of aromatic amines is 1. The topological polar surface area (TPSA) is 90.6 Å². The van der Waals surface area contributed by atoms with Crippen LogP contribution < -0.4 is 9.47 Å². The summed E-state index contributed by atoms with van der Waals surface area (Å²) in [5.41, 5.74) is 3.39. The molecule has 3 aromatic rings. The van der Waals surface area contributed by atoms with Gasteiger partial charge in [0.1, 0.15) is 0 Å². The maximum absolute atomic E-state index is 10.5. The first-order valence-electron chi connectivity index (χ1n) is 8.16. The first-order valence-corrected chi connectivity index (χ1v) is 8.16. The van der Waals surface area contributed by atoms with Crippen molar-refractivity contribution < 1.29 is 14.6 Å². The first-order chi connectivity index (χ1) is 12.6. The molecular formula is C20H19N3O3. The summed E-state index contributed by atoms with van der Waals surface area (Å²) in [5, 5.41) is 20.2.